The fourth-order valence-electron chi connectivity index (χ4n) is 2.41. The predicted molar refractivity (Wildman–Crippen MR) is 102 cm³/mol. The molecular formula is C17H26IN3. The molecule has 0 heterocycles. The third kappa shape index (κ3) is 5.58. The van der Waals surface area contributed by atoms with Gasteiger partial charge in [-0.25, -0.2) is 0 Å². The normalized spacial score (nSPS) is 11.2. The quantitative estimate of drug-likeness (QED) is 0.334. The minimum Gasteiger partial charge on any atom is -0.356 e. The smallest absolute Gasteiger partial charge is 0.191 e. The molecule has 4 heteroatoms. The average Bonchev–Trinajstić information content (AvgIpc) is 2.52. The highest BCUT2D eigenvalue weighted by atomic mass is 127. The van der Waals surface area contributed by atoms with Crippen molar-refractivity contribution in [3.05, 3.63) is 35.9 Å². The van der Waals surface area contributed by atoms with Crippen LogP contribution in [0.3, 0.4) is 0 Å². The Labute approximate surface area is 146 Å². The lowest BCUT2D eigenvalue weighted by Gasteiger charge is -2.33. The lowest BCUT2D eigenvalue weighted by Crippen LogP contribution is -2.45. The van der Waals surface area contributed by atoms with Gasteiger partial charge in [0, 0.05) is 19.0 Å². The Morgan fingerprint density at radius 2 is 1.81 bits per heavy atom. The molecule has 0 amide bonds. The molecule has 0 saturated heterocycles. The van der Waals surface area contributed by atoms with Gasteiger partial charge >= 0.3 is 0 Å². The van der Waals surface area contributed by atoms with Crippen LogP contribution in [0.4, 0.5) is 0 Å². The van der Waals surface area contributed by atoms with Crippen LogP contribution in [0.2, 0.25) is 0 Å². The number of nitrogens with zero attached hydrogens (tertiary/aromatic N) is 1. The van der Waals surface area contributed by atoms with E-state index in [-0.39, 0.29) is 29.4 Å². The summed E-state index contributed by atoms with van der Waals surface area (Å²) in [5.41, 5.74) is 1.49. The number of hydrogen-bond acceptors (Lipinski definition) is 1. The summed E-state index contributed by atoms with van der Waals surface area (Å²) >= 11 is 0. The van der Waals surface area contributed by atoms with E-state index in [0.717, 1.165) is 25.3 Å². The highest BCUT2D eigenvalue weighted by Crippen LogP contribution is 2.30. The van der Waals surface area contributed by atoms with E-state index in [0.29, 0.717) is 6.54 Å². The average molecular weight is 399 g/mol. The fraction of sp³-hybridized carbons (Fsp3) is 0.471. The van der Waals surface area contributed by atoms with Crippen LogP contribution < -0.4 is 10.6 Å². The van der Waals surface area contributed by atoms with Crippen LogP contribution in [-0.2, 0) is 5.41 Å². The van der Waals surface area contributed by atoms with E-state index in [1.807, 2.05) is 0 Å². The van der Waals surface area contributed by atoms with Gasteiger partial charge in [-0.1, -0.05) is 50.1 Å². The predicted octanol–water partition coefficient (Wildman–Crippen LogP) is 3.16. The molecule has 0 spiro atoms. The summed E-state index contributed by atoms with van der Waals surface area (Å²) in [5.74, 6) is 3.31. The summed E-state index contributed by atoms with van der Waals surface area (Å²) < 4.78 is 0. The molecule has 0 aliphatic heterocycles. The highest BCUT2D eigenvalue weighted by Gasteiger charge is 2.28. The Morgan fingerprint density at radius 3 is 2.29 bits per heavy atom. The minimum atomic E-state index is 0. The van der Waals surface area contributed by atoms with Crippen molar-refractivity contribution in [3.8, 4) is 12.3 Å². The molecular weight excluding hydrogens is 373 g/mol. The first-order valence-corrected chi connectivity index (χ1v) is 7.16. The first kappa shape index (κ1) is 19.8. The Hall–Kier alpha value is -1.22. The van der Waals surface area contributed by atoms with E-state index in [2.05, 4.69) is 65.7 Å². The summed E-state index contributed by atoms with van der Waals surface area (Å²) in [7, 11) is 1.76. The van der Waals surface area contributed by atoms with Gasteiger partial charge < -0.3 is 10.6 Å². The van der Waals surface area contributed by atoms with E-state index in [9.17, 15) is 0 Å². The number of rotatable bonds is 6. The SMILES string of the molecule is C#CCNC(=NC)NCC(CC)(CC)c1ccccc1.I. The molecule has 0 saturated carbocycles. The minimum absolute atomic E-state index is 0. The maximum absolute atomic E-state index is 5.26. The monoisotopic (exact) mass is 399 g/mol. The number of aliphatic imine (C=N–C) groups is 1. The number of hydrogen-bond donors (Lipinski definition) is 2. The van der Waals surface area contributed by atoms with Gasteiger partial charge in [-0.05, 0) is 18.4 Å². The molecule has 21 heavy (non-hydrogen) atoms. The van der Waals surface area contributed by atoms with Gasteiger partial charge in [0.2, 0.25) is 0 Å². The van der Waals surface area contributed by atoms with Crippen LogP contribution in [0, 0.1) is 12.3 Å². The fourth-order valence-corrected chi connectivity index (χ4v) is 2.41. The van der Waals surface area contributed by atoms with Gasteiger partial charge in [0.1, 0.15) is 0 Å². The first-order valence-electron chi connectivity index (χ1n) is 7.16. The third-order valence-electron chi connectivity index (χ3n) is 3.92. The molecule has 1 rings (SSSR count). The zero-order valence-corrected chi connectivity index (χ0v) is 15.5. The number of terminal acetylenes is 1. The Balaban J connectivity index is 0.00000400. The van der Waals surface area contributed by atoms with Crippen LogP contribution in [0.15, 0.2) is 35.3 Å². The lowest BCUT2D eigenvalue weighted by atomic mass is 9.76. The van der Waals surface area contributed by atoms with Crippen molar-refractivity contribution in [2.45, 2.75) is 32.1 Å². The van der Waals surface area contributed by atoms with E-state index in [1.54, 1.807) is 7.05 Å². The van der Waals surface area contributed by atoms with Crippen molar-refractivity contribution in [3.63, 3.8) is 0 Å². The maximum Gasteiger partial charge on any atom is 0.191 e. The third-order valence-corrected chi connectivity index (χ3v) is 3.92. The second-order valence-electron chi connectivity index (χ2n) is 4.84. The van der Waals surface area contributed by atoms with Gasteiger partial charge in [0.05, 0.1) is 6.54 Å². The summed E-state index contributed by atoms with van der Waals surface area (Å²) in [4.78, 5) is 4.19. The molecule has 0 atom stereocenters. The van der Waals surface area contributed by atoms with E-state index < -0.39 is 0 Å². The van der Waals surface area contributed by atoms with Gasteiger partial charge in [-0.3, -0.25) is 4.99 Å². The molecule has 1 aromatic carbocycles. The molecule has 0 aliphatic carbocycles. The molecule has 1 aromatic rings. The molecule has 116 valence electrons. The van der Waals surface area contributed by atoms with Crippen molar-refractivity contribution in [2.75, 3.05) is 20.1 Å². The zero-order chi connectivity index (χ0) is 14.8. The van der Waals surface area contributed by atoms with Gasteiger partial charge in [-0.2, -0.15) is 0 Å². The first-order chi connectivity index (χ1) is 9.72. The van der Waals surface area contributed by atoms with Crippen molar-refractivity contribution in [1.29, 1.82) is 0 Å². The van der Waals surface area contributed by atoms with Crippen LogP contribution in [0.1, 0.15) is 32.3 Å². The Bertz CT molecular complexity index is 459. The van der Waals surface area contributed by atoms with E-state index in [4.69, 9.17) is 6.42 Å². The van der Waals surface area contributed by atoms with Crippen molar-refractivity contribution in [2.24, 2.45) is 4.99 Å². The zero-order valence-electron chi connectivity index (χ0n) is 13.1. The maximum atomic E-state index is 5.26. The van der Waals surface area contributed by atoms with E-state index in [1.165, 1.54) is 5.56 Å². The van der Waals surface area contributed by atoms with Crippen molar-refractivity contribution < 1.29 is 0 Å². The van der Waals surface area contributed by atoms with Crippen LogP contribution in [0.5, 0.6) is 0 Å². The number of benzene rings is 1. The van der Waals surface area contributed by atoms with Crippen molar-refractivity contribution >= 4 is 29.9 Å². The molecule has 0 fully saturated rings. The Morgan fingerprint density at radius 1 is 1.19 bits per heavy atom. The standard InChI is InChI=1S/C17H25N3.HI/c1-5-13-19-16(18-4)20-14-17(6-2,7-3)15-11-9-8-10-12-15;/h1,8-12H,6-7,13-14H2,2-4H3,(H2,18,19,20);1H. The van der Waals surface area contributed by atoms with Crippen LogP contribution in [0.25, 0.3) is 0 Å². The largest absolute Gasteiger partial charge is 0.356 e. The molecule has 0 aromatic heterocycles. The molecule has 0 radical (unpaired) electrons. The topological polar surface area (TPSA) is 36.4 Å². The molecule has 3 nitrogen and oxygen atoms in total. The molecule has 0 bridgehead atoms. The number of halogens is 1. The second-order valence-corrected chi connectivity index (χ2v) is 4.84. The summed E-state index contributed by atoms with van der Waals surface area (Å²) in [6.45, 7) is 5.79. The number of nitrogens with one attached hydrogen (secondary N) is 2. The van der Waals surface area contributed by atoms with Gasteiger partial charge in [0.25, 0.3) is 0 Å². The van der Waals surface area contributed by atoms with Crippen molar-refractivity contribution in [1.82, 2.24) is 10.6 Å². The van der Waals surface area contributed by atoms with E-state index >= 15 is 0 Å². The van der Waals surface area contributed by atoms with Crippen LogP contribution in [-0.4, -0.2) is 26.1 Å². The lowest BCUT2D eigenvalue weighted by molar-refractivity contribution is 0.390. The summed E-state index contributed by atoms with van der Waals surface area (Å²) in [6, 6.07) is 10.7. The van der Waals surface area contributed by atoms with Gasteiger partial charge in [0.15, 0.2) is 5.96 Å². The highest BCUT2D eigenvalue weighted by molar-refractivity contribution is 14.0. The molecule has 0 unspecified atom stereocenters. The van der Waals surface area contributed by atoms with Gasteiger partial charge in [-0.15, -0.1) is 30.4 Å². The molecule has 0 aliphatic rings. The van der Waals surface area contributed by atoms with Crippen LogP contribution >= 0.6 is 24.0 Å². The molecule has 2 N–H and O–H groups in total. The number of guanidine groups is 1. The second kappa shape index (κ2) is 10.5. The summed E-state index contributed by atoms with van der Waals surface area (Å²) in [5, 5.41) is 6.48. The Kier molecular flexibility index (Phi) is 9.89. The summed E-state index contributed by atoms with van der Waals surface area (Å²) in [6.07, 6.45) is 7.41.